The lowest BCUT2D eigenvalue weighted by molar-refractivity contribution is 0.824. The van der Waals surface area contributed by atoms with Crippen molar-refractivity contribution in [3.8, 4) is 12.1 Å². The fourth-order valence-electron chi connectivity index (χ4n) is 2.11. The second-order valence-corrected chi connectivity index (χ2v) is 4.18. The second kappa shape index (κ2) is 4.32. The largest absolute Gasteiger partial charge is 0.326 e. The van der Waals surface area contributed by atoms with Crippen LogP contribution in [0.2, 0.25) is 0 Å². The van der Waals surface area contributed by atoms with Gasteiger partial charge in [-0.3, -0.25) is 0 Å². The van der Waals surface area contributed by atoms with Crippen molar-refractivity contribution in [2.24, 2.45) is 0 Å². The normalized spacial score (nSPS) is 10.2. The molecule has 0 aliphatic carbocycles. The maximum atomic E-state index is 9.06. The molecule has 5 nitrogen and oxygen atoms in total. The predicted molar refractivity (Wildman–Crippen MR) is 68.2 cm³/mol. The van der Waals surface area contributed by atoms with E-state index in [-0.39, 0.29) is 0 Å². The van der Waals surface area contributed by atoms with Gasteiger partial charge in [-0.05, 0) is 17.7 Å². The quantitative estimate of drug-likeness (QED) is 0.694. The Bertz CT molecular complexity index is 825. The number of imidazole rings is 1. The molecule has 0 unspecified atom stereocenters. The van der Waals surface area contributed by atoms with Crippen LogP contribution in [0.3, 0.4) is 0 Å². The number of hydrogen-bond donors (Lipinski definition) is 0. The zero-order valence-corrected chi connectivity index (χ0v) is 9.98. The van der Waals surface area contributed by atoms with E-state index in [1.54, 1.807) is 16.8 Å². The van der Waals surface area contributed by atoms with Gasteiger partial charge in [-0.1, -0.05) is 12.1 Å². The maximum Gasteiger partial charge on any atom is 0.154 e. The highest BCUT2D eigenvalue weighted by Crippen LogP contribution is 2.14. The first-order chi connectivity index (χ1) is 9.31. The summed E-state index contributed by atoms with van der Waals surface area (Å²) in [6.07, 6.45) is 5.24. The molecule has 19 heavy (non-hydrogen) atoms. The zero-order valence-electron chi connectivity index (χ0n) is 9.98. The van der Waals surface area contributed by atoms with Crippen molar-refractivity contribution in [3.63, 3.8) is 0 Å². The molecular formula is C14H9N5. The van der Waals surface area contributed by atoms with Crippen molar-refractivity contribution in [2.75, 3.05) is 0 Å². The number of rotatable bonds is 2. The summed E-state index contributed by atoms with van der Waals surface area (Å²) in [6, 6.07) is 11.7. The predicted octanol–water partition coefficient (Wildman–Crippen LogP) is 1.93. The van der Waals surface area contributed by atoms with Gasteiger partial charge in [0.2, 0.25) is 0 Å². The fraction of sp³-hybridized carbons (Fsp3) is 0.0714. The van der Waals surface area contributed by atoms with Crippen molar-refractivity contribution in [1.29, 1.82) is 10.5 Å². The van der Waals surface area contributed by atoms with Crippen molar-refractivity contribution in [2.45, 2.75) is 6.54 Å². The van der Waals surface area contributed by atoms with Crippen LogP contribution < -0.4 is 0 Å². The lowest BCUT2D eigenvalue weighted by Gasteiger charge is -2.04. The minimum atomic E-state index is 0.543. The van der Waals surface area contributed by atoms with E-state index in [0.29, 0.717) is 17.7 Å². The molecular weight excluding hydrogens is 238 g/mol. The maximum absolute atomic E-state index is 9.06. The molecule has 0 bridgehead atoms. The molecule has 3 aromatic rings. The lowest BCUT2D eigenvalue weighted by atomic mass is 10.1. The number of fused-ring (bicyclic) bond motifs is 1. The van der Waals surface area contributed by atoms with Crippen LogP contribution in [0.15, 0.2) is 42.9 Å². The van der Waals surface area contributed by atoms with Crippen molar-refractivity contribution >= 4 is 5.65 Å². The molecule has 2 heterocycles. The van der Waals surface area contributed by atoms with E-state index in [0.717, 1.165) is 11.2 Å². The summed E-state index contributed by atoms with van der Waals surface area (Å²) < 4.78 is 3.62. The van der Waals surface area contributed by atoms with Crippen LogP contribution in [0.5, 0.6) is 0 Å². The molecule has 0 saturated carbocycles. The molecule has 0 atom stereocenters. The van der Waals surface area contributed by atoms with Gasteiger partial charge in [-0.15, -0.1) is 0 Å². The van der Waals surface area contributed by atoms with Crippen molar-refractivity contribution in [1.82, 2.24) is 14.2 Å². The minimum Gasteiger partial charge on any atom is -0.326 e. The molecule has 2 aromatic heterocycles. The van der Waals surface area contributed by atoms with E-state index in [9.17, 15) is 0 Å². The minimum absolute atomic E-state index is 0.543. The third-order valence-corrected chi connectivity index (χ3v) is 2.96. The molecule has 5 heteroatoms. The van der Waals surface area contributed by atoms with E-state index in [2.05, 4.69) is 17.2 Å². The Kier molecular flexibility index (Phi) is 2.52. The van der Waals surface area contributed by atoms with Crippen molar-refractivity contribution in [3.05, 3.63) is 59.5 Å². The lowest BCUT2D eigenvalue weighted by Crippen LogP contribution is -1.99. The Morgan fingerprint density at radius 2 is 2.05 bits per heavy atom. The van der Waals surface area contributed by atoms with Crippen LogP contribution in [0.4, 0.5) is 0 Å². The first kappa shape index (κ1) is 11.1. The molecule has 0 N–H and O–H groups in total. The molecule has 0 fully saturated rings. The monoisotopic (exact) mass is 247 g/mol. The average Bonchev–Trinajstić information content (AvgIpc) is 3.02. The first-order valence-corrected chi connectivity index (χ1v) is 5.73. The van der Waals surface area contributed by atoms with E-state index < -0.39 is 0 Å². The number of nitriles is 2. The van der Waals surface area contributed by atoms with Crippen molar-refractivity contribution < 1.29 is 0 Å². The van der Waals surface area contributed by atoms with Crippen LogP contribution in [0.1, 0.15) is 16.7 Å². The number of aromatic nitrogens is 3. The van der Waals surface area contributed by atoms with E-state index >= 15 is 0 Å². The molecule has 0 aliphatic rings. The topological polar surface area (TPSA) is 69.8 Å². The van der Waals surface area contributed by atoms with Gasteiger partial charge in [0.1, 0.15) is 11.6 Å². The van der Waals surface area contributed by atoms with Crippen LogP contribution in [0, 0.1) is 22.7 Å². The van der Waals surface area contributed by atoms with Gasteiger partial charge in [0, 0.05) is 18.9 Å². The van der Waals surface area contributed by atoms with E-state index in [1.807, 2.05) is 35.2 Å². The Morgan fingerprint density at radius 3 is 2.84 bits per heavy atom. The Hall–Kier alpha value is -3.05. The molecule has 3 rings (SSSR count). The summed E-state index contributed by atoms with van der Waals surface area (Å²) >= 11 is 0. The van der Waals surface area contributed by atoms with Crippen LogP contribution in [0.25, 0.3) is 5.65 Å². The van der Waals surface area contributed by atoms with Crippen LogP contribution >= 0.6 is 0 Å². The van der Waals surface area contributed by atoms with Gasteiger partial charge in [0.25, 0.3) is 0 Å². The van der Waals surface area contributed by atoms with E-state index in [4.69, 9.17) is 10.5 Å². The summed E-state index contributed by atoms with van der Waals surface area (Å²) in [4.78, 5) is 0. The molecule has 90 valence electrons. The van der Waals surface area contributed by atoms with E-state index in [1.165, 1.54) is 0 Å². The molecule has 0 aliphatic heterocycles. The smallest absolute Gasteiger partial charge is 0.154 e. The summed E-state index contributed by atoms with van der Waals surface area (Å²) in [6.45, 7) is 0.604. The molecule has 0 spiro atoms. The summed E-state index contributed by atoms with van der Waals surface area (Å²) in [7, 11) is 0. The van der Waals surface area contributed by atoms with Crippen LogP contribution in [-0.4, -0.2) is 14.2 Å². The highest BCUT2D eigenvalue weighted by molar-refractivity contribution is 5.55. The Morgan fingerprint density at radius 1 is 1.16 bits per heavy atom. The summed E-state index contributed by atoms with van der Waals surface area (Å²) in [5.41, 5.74) is 2.96. The van der Waals surface area contributed by atoms with Gasteiger partial charge >= 0.3 is 0 Å². The van der Waals surface area contributed by atoms with Gasteiger partial charge in [-0.25, -0.2) is 4.52 Å². The van der Waals surface area contributed by atoms with Gasteiger partial charge in [0.05, 0.1) is 17.8 Å². The SMILES string of the molecule is N#Cc1cccc(Cn2ccn3ncc(C#N)c23)c1. The standard InChI is InChI=1S/C14H9N5/c15-7-11-2-1-3-12(6-11)10-18-4-5-19-14(18)13(8-16)9-17-19/h1-6,9H,10H2. The Balaban J connectivity index is 2.04. The summed E-state index contributed by atoms with van der Waals surface area (Å²) in [5.74, 6) is 0. The number of nitrogens with zero attached hydrogens (tertiary/aromatic N) is 5. The third-order valence-electron chi connectivity index (χ3n) is 2.96. The number of benzene rings is 1. The number of hydrogen-bond acceptors (Lipinski definition) is 3. The molecule has 0 saturated heterocycles. The average molecular weight is 247 g/mol. The van der Waals surface area contributed by atoms with Gasteiger partial charge < -0.3 is 4.57 Å². The molecule has 0 radical (unpaired) electrons. The zero-order chi connectivity index (χ0) is 13.2. The van der Waals surface area contributed by atoms with Gasteiger partial charge in [0.15, 0.2) is 5.65 Å². The molecule has 1 aromatic carbocycles. The molecule has 0 amide bonds. The Labute approximate surface area is 109 Å². The second-order valence-electron chi connectivity index (χ2n) is 4.18. The van der Waals surface area contributed by atoms with Gasteiger partial charge in [-0.2, -0.15) is 15.6 Å². The summed E-state index contributed by atoms with van der Waals surface area (Å²) in [5, 5.41) is 22.1. The third kappa shape index (κ3) is 1.84. The van der Waals surface area contributed by atoms with Crippen LogP contribution in [-0.2, 0) is 6.54 Å². The fourth-order valence-corrected chi connectivity index (χ4v) is 2.11. The highest BCUT2D eigenvalue weighted by atomic mass is 15.3. The highest BCUT2D eigenvalue weighted by Gasteiger charge is 2.09. The first-order valence-electron chi connectivity index (χ1n) is 5.73.